The van der Waals surface area contributed by atoms with Crippen molar-refractivity contribution in [2.24, 2.45) is 0 Å². The van der Waals surface area contributed by atoms with E-state index in [-0.39, 0.29) is 18.4 Å². The van der Waals surface area contributed by atoms with E-state index in [1.54, 1.807) is 17.0 Å². The fourth-order valence-electron chi connectivity index (χ4n) is 4.85. The van der Waals surface area contributed by atoms with Gasteiger partial charge in [-0.05, 0) is 41.8 Å². The Kier molecular flexibility index (Phi) is 8.26. The maximum absolute atomic E-state index is 13.1. The molecule has 39 heavy (non-hydrogen) atoms. The second kappa shape index (κ2) is 12.3. The molecule has 1 fully saturated rings. The van der Waals surface area contributed by atoms with Gasteiger partial charge in [-0.3, -0.25) is 9.59 Å². The van der Waals surface area contributed by atoms with Gasteiger partial charge in [-0.2, -0.15) is 0 Å². The van der Waals surface area contributed by atoms with Crippen molar-refractivity contribution < 1.29 is 9.59 Å². The van der Waals surface area contributed by atoms with Gasteiger partial charge in [0.05, 0.1) is 5.69 Å². The summed E-state index contributed by atoms with van der Waals surface area (Å²) < 4.78 is 0. The van der Waals surface area contributed by atoms with E-state index in [0.717, 1.165) is 23.5 Å². The highest BCUT2D eigenvalue weighted by atomic mass is 16.2. The molecule has 5 rings (SSSR count). The number of hydrogen-bond acceptors (Lipinski definition) is 5. The number of hydrogen-bond donors (Lipinski definition) is 0. The second-order valence-corrected chi connectivity index (χ2v) is 9.68. The van der Waals surface area contributed by atoms with E-state index in [1.807, 2.05) is 60.4 Å². The monoisotopic (exact) mass is 519 g/mol. The third-order valence-corrected chi connectivity index (χ3v) is 7.02. The lowest BCUT2D eigenvalue weighted by atomic mass is 10.0. The van der Waals surface area contributed by atoms with Crippen LogP contribution in [0.15, 0.2) is 97.1 Å². The molecule has 1 aliphatic rings. The molecule has 7 nitrogen and oxygen atoms in total. The zero-order chi connectivity index (χ0) is 27.0. The highest BCUT2D eigenvalue weighted by Crippen LogP contribution is 2.24. The molecule has 1 aliphatic heterocycles. The number of benzene rings is 3. The Morgan fingerprint density at radius 1 is 0.718 bits per heavy atom. The van der Waals surface area contributed by atoms with E-state index in [4.69, 9.17) is 0 Å². The molecule has 1 aromatic heterocycles. The molecule has 2 amide bonds. The predicted molar refractivity (Wildman–Crippen MR) is 154 cm³/mol. The minimum absolute atomic E-state index is 0.0206. The molecule has 4 aromatic rings. The summed E-state index contributed by atoms with van der Waals surface area (Å²) in [5.41, 5.74) is 4.80. The van der Waals surface area contributed by atoms with Crippen LogP contribution in [0.3, 0.4) is 0 Å². The lowest BCUT2D eigenvalue weighted by Gasteiger charge is -2.36. The molecule has 0 unspecified atom stereocenters. The van der Waals surface area contributed by atoms with E-state index in [0.29, 0.717) is 38.3 Å². The van der Waals surface area contributed by atoms with E-state index in [9.17, 15) is 9.59 Å². The van der Waals surface area contributed by atoms with Crippen molar-refractivity contribution in [1.82, 2.24) is 20.0 Å². The van der Waals surface area contributed by atoms with Crippen LogP contribution >= 0.6 is 0 Å². The largest absolute Gasteiger partial charge is 0.352 e. The van der Waals surface area contributed by atoms with Crippen LogP contribution < -0.4 is 4.90 Å². The smallest absolute Gasteiger partial charge is 0.254 e. The number of anilines is 1. The summed E-state index contributed by atoms with van der Waals surface area (Å²) in [6, 6.07) is 31.8. The highest BCUT2D eigenvalue weighted by molar-refractivity contribution is 5.96. The Labute approximate surface area is 229 Å². The van der Waals surface area contributed by atoms with Crippen LogP contribution in [-0.4, -0.2) is 71.1 Å². The van der Waals surface area contributed by atoms with Gasteiger partial charge in [-0.1, -0.05) is 79.7 Å². The summed E-state index contributed by atoms with van der Waals surface area (Å²) in [4.78, 5) is 31.6. The van der Waals surface area contributed by atoms with Crippen molar-refractivity contribution in [2.45, 2.75) is 13.3 Å². The van der Waals surface area contributed by atoms with Gasteiger partial charge < -0.3 is 14.7 Å². The van der Waals surface area contributed by atoms with Gasteiger partial charge in [0.25, 0.3) is 5.91 Å². The number of carbonyl (C=O) groups excluding carboxylic acids is 2. The quantitative estimate of drug-likeness (QED) is 0.327. The molecular formula is C32H33N5O2. The topological polar surface area (TPSA) is 69.6 Å². The van der Waals surface area contributed by atoms with Crippen LogP contribution in [0.1, 0.15) is 23.7 Å². The first-order valence-corrected chi connectivity index (χ1v) is 13.5. The van der Waals surface area contributed by atoms with Gasteiger partial charge in [0, 0.05) is 43.9 Å². The van der Waals surface area contributed by atoms with Gasteiger partial charge in [0.2, 0.25) is 5.91 Å². The average molecular weight is 520 g/mol. The Hall–Kier alpha value is -4.52. The number of rotatable bonds is 8. The Balaban J connectivity index is 1.16. The average Bonchev–Trinajstić information content (AvgIpc) is 3.01. The summed E-state index contributed by atoms with van der Waals surface area (Å²) in [7, 11) is 0. The number of carbonyl (C=O) groups is 2. The third-order valence-electron chi connectivity index (χ3n) is 7.02. The van der Waals surface area contributed by atoms with E-state index in [1.165, 1.54) is 11.1 Å². The normalized spacial score (nSPS) is 13.3. The van der Waals surface area contributed by atoms with E-state index < -0.39 is 0 Å². The van der Waals surface area contributed by atoms with Gasteiger partial charge in [-0.25, -0.2) is 0 Å². The number of aromatic nitrogens is 2. The molecule has 2 heterocycles. The zero-order valence-electron chi connectivity index (χ0n) is 22.2. The Morgan fingerprint density at radius 2 is 1.33 bits per heavy atom. The minimum Gasteiger partial charge on any atom is -0.352 e. The Bertz CT molecular complexity index is 1370. The van der Waals surface area contributed by atoms with Gasteiger partial charge in [0.1, 0.15) is 6.54 Å². The van der Waals surface area contributed by atoms with Crippen LogP contribution in [0, 0.1) is 0 Å². The zero-order valence-corrected chi connectivity index (χ0v) is 22.2. The minimum atomic E-state index is -0.102. The molecule has 0 saturated carbocycles. The van der Waals surface area contributed by atoms with E-state index >= 15 is 0 Å². The molecule has 7 heteroatoms. The Morgan fingerprint density at radius 3 is 1.95 bits per heavy atom. The van der Waals surface area contributed by atoms with Crippen molar-refractivity contribution >= 4 is 17.6 Å². The van der Waals surface area contributed by atoms with Crippen LogP contribution in [0.2, 0.25) is 0 Å². The van der Waals surface area contributed by atoms with Crippen LogP contribution in [0.25, 0.3) is 22.4 Å². The van der Waals surface area contributed by atoms with Crippen LogP contribution in [0.5, 0.6) is 0 Å². The molecule has 0 radical (unpaired) electrons. The van der Waals surface area contributed by atoms with Crippen molar-refractivity contribution in [2.75, 3.05) is 44.2 Å². The molecule has 1 saturated heterocycles. The molecule has 0 N–H and O–H groups in total. The summed E-state index contributed by atoms with van der Waals surface area (Å²) in [5.74, 6) is 0.681. The SMILES string of the molecule is CCCN(CC(=O)N1CCN(c2ccc(-c3ccc(-c4ccccc4)cc3)nn2)CC1)C(=O)c1ccccc1. The predicted octanol–water partition coefficient (Wildman–Crippen LogP) is 5.01. The van der Waals surface area contributed by atoms with Crippen molar-refractivity contribution in [1.29, 1.82) is 0 Å². The van der Waals surface area contributed by atoms with Crippen LogP contribution in [0.4, 0.5) is 5.82 Å². The number of piperazine rings is 1. The van der Waals surface area contributed by atoms with E-state index in [2.05, 4.69) is 51.5 Å². The molecule has 198 valence electrons. The molecule has 0 bridgehead atoms. The van der Waals surface area contributed by atoms with Crippen molar-refractivity contribution in [3.63, 3.8) is 0 Å². The van der Waals surface area contributed by atoms with Gasteiger partial charge in [0.15, 0.2) is 5.82 Å². The fraction of sp³-hybridized carbons (Fsp3) is 0.250. The standard InChI is InChI=1S/C32H33N5O2/c1-2-19-37(32(39)28-11-7-4-8-12-28)24-31(38)36-22-20-35(21-23-36)30-18-17-29(33-34-30)27-15-13-26(14-16-27)25-9-5-3-6-10-25/h3-18H,2,19-24H2,1H3. The lowest BCUT2D eigenvalue weighted by molar-refractivity contribution is -0.132. The summed E-state index contributed by atoms with van der Waals surface area (Å²) in [6.45, 7) is 5.18. The fourth-order valence-corrected chi connectivity index (χ4v) is 4.85. The van der Waals surface area contributed by atoms with Gasteiger partial charge in [-0.15, -0.1) is 10.2 Å². The number of nitrogens with zero attached hydrogens (tertiary/aromatic N) is 5. The first-order valence-electron chi connectivity index (χ1n) is 13.5. The molecule has 3 aromatic carbocycles. The molecular weight excluding hydrogens is 486 g/mol. The third kappa shape index (κ3) is 6.32. The lowest BCUT2D eigenvalue weighted by Crippen LogP contribution is -2.52. The maximum atomic E-state index is 13.1. The summed E-state index contributed by atoms with van der Waals surface area (Å²) in [5, 5.41) is 8.95. The molecule has 0 spiro atoms. The highest BCUT2D eigenvalue weighted by Gasteiger charge is 2.25. The maximum Gasteiger partial charge on any atom is 0.254 e. The van der Waals surface area contributed by atoms with Gasteiger partial charge >= 0.3 is 0 Å². The van der Waals surface area contributed by atoms with Crippen molar-refractivity contribution in [3.8, 4) is 22.4 Å². The molecule has 0 aliphatic carbocycles. The summed E-state index contributed by atoms with van der Waals surface area (Å²) in [6.07, 6.45) is 0.797. The first-order chi connectivity index (χ1) is 19.1. The van der Waals surface area contributed by atoms with Crippen LogP contribution in [-0.2, 0) is 4.79 Å². The molecule has 0 atom stereocenters. The van der Waals surface area contributed by atoms with Crippen molar-refractivity contribution in [3.05, 3.63) is 103 Å². The summed E-state index contributed by atoms with van der Waals surface area (Å²) >= 11 is 0. The number of amides is 2. The first kappa shape index (κ1) is 26.1. The second-order valence-electron chi connectivity index (χ2n) is 9.68.